The molecular weight excluding hydrogens is 406 g/mol. The van der Waals surface area contributed by atoms with Gasteiger partial charge in [-0.1, -0.05) is 18.2 Å². The molecule has 0 atom stereocenters. The van der Waals surface area contributed by atoms with Crippen molar-refractivity contribution in [3.8, 4) is 11.3 Å². The second-order valence-electron chi connectivity index (χ2n) is 8.36. The Morgan fingerprint density at radius 2 is 2.00 bits per heavy atom. The fourth-order valence-electron chi connectivity index (χ4n) is 4.39. The van der Waals surface area contributed by atoms with E-state index >= 15 is 0 Å². The zero-order valence-electron chi connectivity index (χ0n) is 17.6. The van der Waals surface area contributed by atoms with Gasteiger partial charge in [0.2, 0.25) is 0 Å². The second-order valence-corrected chi connectivity index (χ2v) is 8.36. The van der Waals surface area contributed by atoms with E-state index in [1.807, 2.05) is 42.5 Å². The molecule has 164 valence electrons. The molecule has 5 rings (SSSR count). The Labute approximate surface area is 185 Å². The van der Waals surface area contributed by atoms with Crippen molar-refractivity contribution in [2.45, 2.75) is 19.3 Å². The summed E-state index contributed by atoms with van der Waals surface area (Å²) in [4.78, 5) is 33.0. The fourth-order valence-corrected chi connectivity index (χ4v) is 4.39. The maximum Gasteiger partial charge on any atom is 0.407 e. The van der Waals surface area contributed by atoms with Crippen molar-refractivity contribution in [3.05, 3.63) is 59.9 Å². The fraction of sp³-hybridized carbons (Fsp3) is 0.292. The average molecular weight is 431 g/mol. The predicted octanol–water partition coefficient (Wildman–Crippen LogP) is 4.36. The lowest BCUT2D eigenvalue weighted by Gasteiger charge is -2.37. The van der Waals surface area contributed by atoms with Gasteiger partial charge in [0, 0.05) is 55.1 Å². The highest BCUT2D eigenvalue weighted by molar-refractivity contribution is 6.07. The van der Waals surface area contributed by atoms with Crippen molar-refractivity contribution in [3.63, 3.8) is 0 Å². The zero-order chi connectivity index (χ0) is 22.1. The average Bonchev–Trinajstić information content (AvgIpc) is 3.13. The standard InChI is InChI=1S/C24H25N5O3/c30-19-8-4-7-18-21(19)23(27-17-5-2-1-3-6-17)22(28-18)16-9-10-25-20(11-16)26-12-15-13-29(14-15)24(31)32/h1-3,5-6,9-11,15,27-28H,4,7-8,12-14H2,(H,25,26)(H,31,32). The van der Waals surface area contributed by atoms with Crippen LogP contribution in [0, 0.1) is 5.92 Å². The molecule has 3 heterocycles. The number of nitrogens with one attached hydrogen (secondary N) is 3. The lowest BCUT2D eigenvalue weighted by atomic mass is 9.95. The number of amides is 1. The number of H-pyrrole nitrogens is 1. The minimum atomic E-state index is -0.870. The van der Waals surface area contributed by atoms with Crippen LogP contribution in [0.3, 0.4) is 0 Å². The van der Waals surface area contributed by atoms with Crippen LogP contribution in [-0.2, 0) is 6.42 Å². The smallest absolute Gasteiger partial charge is 0.407 e. The van der Waals surface area contributed by atoms with Crippen LogP contribution in [0.25, 0.3) is 11.3 Å². The van der Waals surface area contributed by atoms with E-state index in [0.717, 1.165) is 52.5 Å². The molecule has 0 unspecified atom stereocenters. The highest BCUT2D eigenvalue weighted by atomic mass is 16.4. The van der Waals surface area contributed by atoms with Crippen LogP contribution >= 0.6 is 0 Å². The van der Waals surface area contributed by atoms with Crippen molar-refractivity contribution in [2.75, 3.05) is 30.3 Å². The van der Waals surface area contributed by atoms with Gasteiger partial charge >= 0.3 is 6.09 Å². The summed E-state index contributed by atoms with van der Waals surface area (Å²) in [5.74, 6) is 1.16. The molecule has 1 aliphatic carbocycles. The van der Waals surface area contributed by atoms with Gasteiger partial charge in [-0.2, -0.15) is 0 Å². The first kappa shape index (κ1) is 20.1. The molecule has 8 nitrogen and oxygen atoms in total. The van der Waals surface area contributed by atoms with Crippen molar-refractivity contribution in [1.82, 2.24) is 14.9 Å². The number of aromatic amines is 1. The van der Waals surface area contributed by atoms with Crippen LogP contribution in [-0.4, -0.2) is 51.5 Å². The highest BCUT2D eigenvalue weighted by Crippen LogP contribution is 2.39. The van der Waals surface area contributed by atoms with Crippen LogP contribution in [0.4, 0.5) is 22.0 Å². The minimum absolute atomic E-state index is 0.160. The number of carboxylic acid groups (broad SMARTS) is 1. The van der Waals surface area contributed by atoms with Gasteiger partial charge in [0.25, 0.3) is 0 Å². The van der Waals surface area contributed by atoms with Gasteiger partial charge in [0.15, 0.2) is 5.78 Å². The summed E-state index contributed by atoms with van der Waals surface area (Å²) in [6, 6.07) is 13.7. The number of carbonyl (C=O) groups excluding carboxylic acids is 1. The number of ketones is 1. The van der Waals surface area contributed by atoms with Gasteiger partial charge in [-0.15, -0.1) is 0 Å². The van der Waals surface area contributed by atoms with Crippen LogP contribution < -0.4 is 10.6 Å². The Bertz CT molecular complexity index is 1150. The summed E-state index contributed by atoms with van der Waals surface area (Å²) < 4.78 is 0. The first-order valence-electron chi connectivity index (χ1n) is 10.9. The number of para-hydroxylation sites is 1. The number of Topliss-reactive ketones (excluding diaryl/α,β-unsaturated/α-hetero) is 1. The lowest BCUT2D eigenvalue weighted by Crippen LogP contribution is -2.51. The number of hydrogen-bond acceptors (Lipinski definition) is 5. The van der Waals surface area contributed by atoms with E-state index in [9.17, 15) is 9.59 Å². The third kappa shape index (κ3) is 3.91. The SMILES string of the molecule is O=C1CCCc2[nH]c(-c3ccnc(NCC4CN(C(=O)O)C4)c3)c(Nc3ccccc3)c21. The van der Waals surface area contributed by atoms with Gasteiger partial charge in [0.1, 0.15) is 5.82 Å². The lowest BCUT2D eigenvalue weighted by molar-refractivity contribution is 0.0863. The van der Waals surface area contributed by atoms with Gasteiger partial charge in [-0.3, -0.25) is 4.79 Å². The van der Waals surface area contributed by atoms with Crippen LogP contribution in [0.2, 0.25) is 0 Å². The summed E-state index contributed by atoms with van der Waals surface area (Å²) in [6.45, 7) is 1.74. The minimum Gasteiger partial charge on any atom is -0.465 e. The van der Waals surface area contributed by atoms with E-state index in [1.165, 1.54) is 4.90 Å². The van der Waals surface area contributed by atoms with E-state index in [0.29, 0.717) is 26.1 Å². The maximum absolute atomic E-state index is 12.8. The summed E-state index contributed by atoms with van der Waals surface area (Å²) in [5.41, 5.74) is 5.27. The summed E-state index contributed by atoms with van der Waals surface area (Å²) in [5, 5.41) is 15.8. The predicted molar refractivity (Wildman–Crippen MR) is 123 cm³/mol. The Morgan fingerprint density at radius 1 is 1.19 bits per heavy atom. The quantitative estimate of drug-likeness (QED) is 0.462. The molecule has 0 spiro atoms. The third-order valence-electron chi connectivity index (χ3n) is 6.08. The number of nitrogens with zero attached hydrogens (tertiary/aromatic N) is 2. The van der Waals surface area contributed by atoms with Gasteiger partial charge in [0.05, 0.1) is 16.9 Å². The number of hydrogen-bond donors (Lipinski definition) is 4. The van der Waals surface area contributed by atoms with Crippen LogP contribution in [0.15, 0.2) is 48.7 Å². The summed E-state index contributed by atoms with van der Waals surface area (Å²) >= 11 is 0. The number of aryl methyl sites for hydroxylation is 1. The Kier molecular flexibility index (Phi) is 5.26. The normalized spacial score (nSPS) is 15.8. The van der Waals surface area contributed by atoms with E-state index in [4.69, 9.17) is 5.11 Å². The third-order valence-corrected chi connectivity index (χ3v) is 6.08. The number of rotatable bonds is 6. The van der Waals surface area contributed by atoms with Crippen molar-refractivity contribution in [2.24, 2.45) is 5.92 Å². The first-order chi connectivity index (χ1) is 15.6. The molecule has 0 bridgehead atoms. The largest absolute Gasteiger partial charge is 0.465 e. The van der Waals surface area contributed by atoms with Crippen molar-refractivity contribution >= 4 is 29.1 Å². The number of benzene rings is 1. The molecule has 8 heteroatoms. The zero-order valence-corrected chi connectivity index (χ0v) is 17.6. The number of likely N-dealkylation sites (tertiary alicyclic amines) is 1. The van der Waals surface area contributed by atoms with Crippen LogP contribution in [0.1, 0.15) is 28.9 Å². The molecule has 2 aliphatic rings. The maximum atomic E-state index is 12.8. The number of pyridine rings is 1. The number of carbonyl (C=O) groups is 2. The molecule has 0 saturated carbocycles. The molecular formula is C24H25N5O3. The molecule has 1 aliphatic heterocycles. The molecule has 32 heavy (non-hydrogen) atoms. The molecule has 1 amide bonds. The molecule has 4 N–H and O–H groups in total. The Morgan fingerprint density at radius 3 is 2.78 bits per heavy atom. The summed E-state index contributed by atoms with van der Waals surface area (Å²) in [7, 11) is 0. The Hall–Kier alpha value is -3.81. The van der Waals surface area contributed by atoms with Gasteiger partial charge in [-0.05, 0) is 37.1 Å². The highest BCUT2D eigenvalue weighted by Gasteiger charge is 2.30. The van der Waals surface area contributed by atoms with E-state index in [2.05, 4.69) is 20.6 Å². The summed E-state index contributed by atoms with van der Waals surface area (Å²) in [6.07, 6.45) is 3.14. The van der Waals surface area contributed by atoms with Crippen molar-refractivity contribution < 1.29 is 14.7 Å². The molecule has 2 aromatic heterocycles. The Balaban J connectivity index is 1.41. The second kappa shape index (κ2) is 8.37. The number of fused-ring (bicyclic) bond motifs is 1. The van der Waals surface area contributed by atoms with Gasteiger partial charge in [-0.25, -0.2) is 9.78 Å². The van der Waals surface area contributed by atoms with Crippen LogP contribution in [0.5, 0.6) is 0 Å². The molecule has 0 radical (unpaired) electrons. The number of anilines is 3. The van der Waals surface area contributed by atoms with E-state index in [1.54, 1.807) is 6.20 Å². The molecule has 1 aromatic carbocycles. The van der Waals surface area contributed by atoms with E-state index < -0.39 is 6.09 Å². The topological polar surface area (TPSA) is 110 Å². The number of aromatic nitrogens is 2. The van der Waals surface area contributed by atoms with Gasteiger partial charge < -0.3 is 25.6 Å². The molecule has 1 saturated heterocycles. The molecule has 3 aromatic rings. The monoisotopic (exact) mass is 431 g/mol. The first-order valence-corrected chi connectivity index (χ1v) is 10.9. The van der Waals surface area contributed by atoms with E-state index in [-0.39, 0.29) is 11.7 Å². The molecule has 1 fully saturated rings. The van der Waals surface area contributed by atoms with Crippen molar-refractivity contribution in [1.29, 1.82) is 0 Å².